The van der Waals surface area contributed by atoms with Gasteiger partial charge in [-0.1, -0.05) is 35.5 Å². The Balaban J connectivity index is 1.36. The second-order valence-corrected chi connectivity index (χ2v) is 8.82. The predicted octanol–water partition coefficient (Wildman–Crippen LogP) is 2.53. The Morgan fingerprint density at radius 1 is 1.09 bits per heavy atom. The smallest absolute Gasteiger partial charge is 0.259 e. The van der Waals surface area contributed by atoms with Crippen LogP contribution in [0.15, 0.2) is 47.0 Å². The standard InChI is InChI=1S/C24H27N5O4/c1-16-25-22(33-27-16)19-12-28(11-17-7-5-4-6-8-17)13-24(19)14-29(15-24)23(30)18-9-10-20(31-2)26-21(18)32-3/h4-10,19H,11-15H2,1-3H3. The lowest BCUT2D eigenvalue weighted by atomic mass is 9.71. The Kier molecular flexibility index (Phi) is 5.49. The molecule has 9 nitrogen and oxygen atoms in total. The fourth-order valence-electron chi connectivity index (χ4n) is 5.03. The molecule has 33 heavy (non-hydrogen) atoms. The number of methoxy groups -OCH3 is 2. The Hall–Kier alpha value is -3.46. The van der Waals surface area contributed by atoms with Gasteiger partial charge in [-0.15, -0.1) is 0 Å². The van der Waals surface area contributed by atoms with E-state index in [1.54, 1.807) is 12.1 Å². The van der Waals surface area contributed by atoms with Gasteiger partial charge in [0.1, 0.15) is 5.56 Å². The van der Waals surface area contributed by atoms with Gasteiger partial charge in [-0.2, -0.15) is 9.97 Å². The zero-order valence-corrected chi connectivity index (χ0v) is 19.0. The van der Waals surface area contributed by atoms with Gasteiger partial charge in [0.05, 0.1) is 20.1 Å². The maximum atomic E-state index is 13.3. The SMILES string of the molecule is COc1ccc(C(=O)N2CC3(CN(Cc4ccccc4)CC3c3nc(C)no3)C2)c(OC)n1. The number of hydrogen-bond donors (Lipinski definition) is 0. The minimum absolute atomic E-state index is 0.0716. The van der Waals surface area contributed by atoms with Crippen LogP contribution in [-0.4, -0.2) is 71.2 Å². The molecule has 2 aliphatic rings. The van der Waals surface area contributed by atoms with Crippen LogP contribution in [0.25, 0.3) is 0 Å². The van der Waals surface area contributed by atoms with Gasteiger partial charge in [0.25, 0.3) is 5.91 Å². The summed E-state index contributed by atoms with van der Waals surface area (Å²) in [5, 5.41) is 4.01. The highest BCUT2D eigenvalue weighted by atomic mass is 16.5. The van der Waals surface area contributed by atoms with Crippen molar-refractivity contribution >= 4 is 5.91 Å². The first kappa shape index (κ1) is 21.4. The molecular weight excluding hydrogens is 422 g/mol. The highest BCUT2D eigenvalue weighted by Crippen LogP contribution is 2.49. The van der Waals surface area contributed by atoms with Crippen molar-refractivity contribution in [1.82, 2.24) is 24.9 Å². The number of aryl methyl sites for hydroxylation is 1. The van der Waals surface area contributed by atoms with Crippen molar-refractivity contribution in [2.45, 2.75) is 19.4 Å². The van der Waals surface area contributed by atoms with Crippen molar-refractivity contribution in [3.63, 3.8) is 0 Å². The summed E-state index contributed by atoms with van der Waals surface area (Å²) in [6.45, 7) is 5.56. The van der Waals surface area contributed by atoms with E-state index in [1.165, 1.54) is 19.8 Å². The van der Waals surface area contributed by atoms with Crippen molar-refractivity contribution in [3.8, 4) is 11.8 Å². The molecule has 1 spiro atoms. The van der Waals surface area contributed by atoms with Crippen LogP contribution < -0.4 is 9.47 Å². The maximum Gasteiger partial charge on any atom is 0.259 e. The Labute approximate surface area is 192 Å². The molecule has 0 radical (unpaired) electrons. The molecule has 4 heterocycles. The number of nitrogens with zero attached hydrogens (tertiary/aromatic N) is 5. The largest absolute Gasteiger partial charge is 0.481 e. The first-order chi connectivity index (χ1) is 16.0. The summed E-state index contributed by atoms with van der Waals surface area (Å²) in [5.41, 5.74) is 1.56. The molecule has 2 saturated heterocycles. The van der Waals surface area contributed by atoms with E-state index in [1.807, 2.05) is 17.9 Å². The van der Waals surface area contributed by atoms with Crippen LogP contribution in [0, 0.1) is 12.3 Å². The number of pyridine rings is 1. The lowest BCUT2D eigenvalue weighted by Gasteiger charge is -2.50. The average molecular weight is 450 g/mol. The number of amides is 1. The normalized spacial score (nSPS) is 19.5. The molecule has 1 aromatic carbocycles. The summed E-state index contributed by atoms with van der Waals surface area (Å²) in [5.74, 6) is 1.92. The fraction of sp³-hybridized carbons (Fsp3) is 0.417. The van der Waals surface area contributed by atoms with E-state index in [-0.39, 0.29) is 23.1 Å². The topological polar surface area (TPSA) is 93.8 Å². The number of aromatic nitrogens is 3. The average Bonchev–Trinajstić information content (AvgIpc) is 3.41. The van der Waals surface area contributed by atoms with E-state index in [4.69, 9.17) is 14.0 Å². The summed E-state index contributed by atoms with van der Waals surface area (Å²) in [6, 6.07) is 13.8. The highest BCUT2D eigenvalue weighted by molar-refractivity contribution is 5.97. The van der Waals surface area contributed by atoms with Crippen molar-refractivity contribution in [2.75, 3.05) is 40.4 Å². The van der Waals surface area contributed by atoms with Crippen molar-refractivity contribution < 1.29 is 18.8 Å². The van der Waals surface area contributed by atoms with Gasteiger partial charge < -0.3 is 18.9 Å². The molecule has 9 heteroatoms. The Bertz CT molecular complexity index is 1140. The third-order valence-electron chi connectivity index (χ3n) is 6.58. The zero-order chi connectivity index (χ0) is 23.0. The van der Waals surface area contributed by atoms with Crippen molar-refractivity contribution in [1.29, 1.82) is 0 Å². The molecule has 1 unspecified atom stereocenters. The van der Waals surface area contributed by atoms with Gasteiger partial charge in [0, 0.05) is 44.2 Å². The predicted molar refractivity (Wildman–Crippen MR) is 119 cm³/mol. The van der Waals surface area contributed by atoms with Gasteiger partial charge >= 0.3 is 0 Å². The molecular formula is C24H27N5O4. The number of benzene rings is 1. The van der Waals surface area contributed by atoms with E-state index in [9.17, 15) is 4.79 Å². The van der Waals surface area contributed by atoms with Crippen molar-refractivity contribution in [2.24, 2.45) is 5.41 Å². The van der Waals surface area contributed by atoms with Crippen molar-refractivity contribution in [3.05, 3.63) is 65.3 Å². The van der Waals surface area contributed by atoms with E-state index in [0.29, 0.717) is 36.2 Å². The Morgan fingerprint density at radius 2 is 1.88 bits per heavy atom. The lowest BCUT2D eigenvalue weighted by Crippen LogP contribution is -2.61. The monoisotopic (exact) mass is 449 g/mol. The molecule has 0 aliphatic carbocycles. The second-order valence-electron chi connectivity index (χ2n) is 8.82. The van der Waals surface area contributed by atoms with Crippen LogP contribution in [0.5, 0.6) is 11.8 Å². The molecule has 5 rings (SSSR count). The second kappa shape index (κ2) is 8.47. The van der Waals surface area contributed by atoms with Crippen LogP contribution in [0.4, 0.5) is 0 Å². The number of hydrogen-bond acceptors (Lipinski definition) is 8. The van der Waals surface area contributed by atoms with Gasteiger partial charge in [0.2, 0.25) is 17.7 Å². The number of rotatable bonds is 6. The minimum atomic E-state index is -0.128. The van der Waals surface area contributed by atoms with Crippen LogP contribution in [0.2, 0.25) is 0 Å². The van der Waals surface area contributed by atoms with Crippen LogP contribution in [0.3, 0.4) is 0 Å². The minimum Gasteiger partial charge on any atom is -0.481 e. The van der Waals surface area contributed by atoms with E-state index < -0.39 is 0 Å². The van der Waals surface area contributed by atoms with E-state index in [2.05, 4.69) is 44.3 Å². The van der Waals surface area contributed by atoms with Crippen LogP contribution >= 0.6 is 0 Å². The van der Waals surface area contributed by atoms with E-state index >= 15 is 0 Å². The summed E-state index contributed by atoms with van der Waals surface area (Å²) in [4.78, 5) is 26.3. The van der Waals surface area contributed by atoms with Gasteiger partial charge in [0.15, 0.2) is 5.82 Å². The van der Waals surface area contributed by atoms with Gasteiger partial charge in [-0.25, -0.2) is 0 Å². The lowest BCUT2D eigenvalue weighted by molar-refractivity contribution is -0.00150. The zero-order valence-electron chi connectivity index (χ0n) is 19.0. The molecule has 1 atom stereocenters. The first-order valence-electron chi connectivity index (χ1n) is 11.0. The summed E-state index contributed by atoms with van der Waals surface area (Å²) in [7, 11) is 3.03. The summed E-state index contributed by atoms with van der Waals surface area (Å²) in [6.07, 6.45) is 0. The molecule has 0 bridgehead atoms. The van der Waals surface area contributed by atoms with Crippen LogP contribution in [-0.2, 0) is 6.54 Å². The first-order valence-corrected chi connectivity index (χ1v) is 11.0. The summed E-state index contributed by atoms with van der Waals surface area (Å²) >= 11 is 0. The number of likely N-dealkylation sites (tertiary alicyclic amines) is 2. The van der Waals surface area contributed by atoms with E-state index in [0.717, 1.165) is 19.6 Å². The van der Waals surface area contributed by atoms with Gasteiger partial charge in [-0.3, -0.25) is 9.69 Å². The quantitative estimate of drug-likeness (QED) is 0.567. The Morgan fingerprint density at radius 3 is 2.55 bits per heavy atom. The molecule has 172 valence electrons. The van der Waals surface area contributed by atoms with Gasteiger partial charge in [-0.05, 0) is 18.6 Å². The maximum absolute atomic E-state index is 13.3. The van der Waals surface area contributed by atoms with Crippen LogP contribution in [0.1, 0.15) is 33.6 Å². The number of carbonyl (C=O) groups is 1. The molecule has 1 amide bonds. The highest BCUT2D eigenvalue weighted by Gasteiger charge is 2.57. The molecule has 0 saturated carbocycles. The molecule has 0 N–H and O–H groups in total. The molecule has 2 aromatic heterocycles. The number of carbonyl (C=O) groups excluding carboxylic acids is 1. The molecule has 2 aliphatic heterocycles. The fourth-order valence-corrected chi connectivity index (χ4v) is 5.03. The number of ether oxygens (including phenoxy) is 2. The molecule has 2 fully saturated rings. The summed E-state index contributed by atoms with van der Waals surface area (Å²) < 4.78 is 16.1. The molecule has 3 aromatic rings. The third-order valence-corrected chi connectivity index (χ3v) is 6.58. The third kappa shape index (κ3) is 3.93.